The molecule has 3 aromatic rings. The maximum Gasteiger partial charge on any atom is 0.255 e. The van der Waals surface area contributed by atoms with Crippen LogP contribution in [-0.4, -0.2) is 34.0 Å². The van der Waals surface area contributed by atoms with Gasteiger partial charge in [-0.1, -0.05) is 90.6 Å². The second-order valence-corrected chi connectivity index (χ2v) is 10.4. The van der Waals surface area contributed by atoms with Gasteiger partial charge in [-0.05, 0) is 47.7 Å². The standard InChI is InChI=1S/C29H28Cl2N2O4/c30-19-14-15-22(23(31)16-19)27-26(28(35)32-37-17-18-8-2-1-3-9-18)20-10-4-5-11-21(20)29(36)33(27)24-12-6-7-13-25(24)34/h1-5,8-11,14-16,24-27,34H,6-7,12-13,17H2,(H,32,35)/t24-,25-,26-,27+/m1/s1. The molecule has 5 rings (SSSR count). The van der Waals surface area contributed by atoms with Crippen molar-refractivity contribution in [3.05, 3.63) is 105 Å². The molecule has 2 amide bonds. The van der Waals surface area contributed by atoms with Crippen LogP contribution in [0.15, 0.2) is 72.8 Å². The van der Waals surface area contributed by atoms with E-state index in [0.717, 1.165) is 18.4 Å². The molecule has 3 aromatic carbocycles. The van der Waals surface area contributed by atoms with Gasteiger partial charge in [0.1, 0.15) is 0 Å². The number of carbonyl (C=O) groups is 2. The van der Waals surface area contributed by atoms with Gasteiger partial charge in [0.25, 0.3) is 11.8 Å². The number of halogens is 2. The molecule has 0 unspecified atom stereocenters. The fraction of sp³-hybridized carbons (Fsp3) is 0.310. The number of nitrogens with one attached hydrogen (secondary N) is 1. The molecule has 8 heteroatoms. The molecule has 1 saturated carbocycles. The van der Waals surface area contributed by atoms with E-state index in [1.165, 1.54) is 0 Å². The molecule has 0 saturated heterocycles. The molecular formula is C29H28Cl2N2O4. The summed E-state index contributed by atoms with van der Waals surface area (Å²) in [4.78, 5) is 35.1. The third-order valence-corrected chi connectivity index (χ3v) is 7.81. The van der Waals surface area contributed by atoms with Crippen molar-refractivity contribution in [3.63, 3.8) is 0 Å². The number of fused-ring (bicyclic) bond motifs is 1. The van der Waals surface area contributed by atoms with E-state index in [9.17, 15) is 14.7 Å². The highest BCUT2D eigenvalue weighted by Gasteiger charge is 2.49. The maximum absolute atomic E-state index is 14.0. The zero-order chi connectivity index (χ0) is 25.9. The van der Waals surface area contributed by atoms with Gasteiger partial charge < -0.3 is 10.0 Å². The SMILES string of the molecule is O=C(NOCc1ccccc1)[C@@H]1c2ccccc2C(=O)N([C@@H]2CCCC[C@H]2O)[C@H]1c1ccc(Cl)cc1Cl. The van der Waals surface area contributed by atoms with Gasteiger partial charge in [-0.2, -0.15) is 0 Å². The van der Waals surface area contributed by atoms with E-state index in [1.54, 1.807) is 41.3 Å². The minimum absolute atomic E-state index is 0.192. The molecule has 0 radical (unpaired) electrons. The molecule has 192 valence electrons. The van der Waals surface area contributed by atoms with Crippen molar-refractivity contribution in [1.82, 2.24) is 10.4 Å². The first-order chi connectivity index (χ1) is 18.0. The van der Waals surface area contributed by atoms with E-state index in [1.807, 2.05) is 36.4 Å². The second kappa shape index (κ2) is 11.2. The number of hydrogen-bond donors (Lipinski definition) is 2. The van der Waals surface area contributed by atoms with Crippen molar-refractivity contribution in [2.75, 3.05) is 0 Å². The lowest BCUT2D eigenvalue weighted by atomic mass is 9.77. The lowest BCUT2D eigenvalue weighted by Crippen LogP contribution is -2.55. The Morgan fingerprint density at radius 1 is 0.973 bits per heavy atom. The van der Waals surface area contributed by atoms with Gasteiger partial charge in [0, 0.05) is 15.6 Å². The Balaban J connectivity index is 1.57. The topological polar surface area (TPSA) is 78.9 Å². The summed E-state index contributed by atoms with van der Waals surface area (Å²) in [7, 11) is 0. The molecule has 0 aromatic heterocycles. The molecule has 1 aliphatic heterocycles. The van der Waals surface area contributed by atoms with Gasteiger partial charge in [-0.3, -0.25) is 14.4 Å². The highest BCUT2D eigenvalue weighted by atomic mass is 35.5. The van der Waals surface area contributed by atoms with E-state index in [0.29, 0.717) is 39.6 Å². The van der Waals surface area contributed by atoms with Crippen molar-refractivity contribution in [3.8, 4) is 0 Å². The Morgan fingerprint density at radius 3 is 2.46 bits per heavy atom. The van der Waals surface area contributed by atoms with Crippen LogP contribution >= 0.6 is 23.2 Å². The number of rotatable bonds is 6. The van der Waals surface area contributed by atoms with Crippen LogP contribution in [0.3, 0.4) is 0 Å². The van der Waals surface area contributed by atoms with Crippen LogP contribution in [0, 0.1) is 0 Å². The molecule has 1 fully saturated rings. The Labute approximate surface area is 226 Å². The monoisotopic (exact) mass is 538 g/mol. The Hall–Kier alpha value is -2.90. The van der Waals surface area contributed by atoms with Gasteiger partial charge >= 0.3 is 0 Å². The molecule has 2 N–H and O–H groups in total. The van der Waals surface area contributed by atoms with Gasteiger partial charge in [0.2, 0.25) is 0 Å². The summed E-state index contributed by atoms with van der Waals surface area (Å²) >= 11 is 12.9. The molecule has 2 aliphatic rings. The van der Waals surface area contributed by atoms with E-state index >= 15 is 0 Å². The second-order valence-electron chi connectivity index (χ2n) is 9.55. The molecule has 1 aliphatic carbocycles. The quantitative estimate of drug-likeness (QED) is 0.387. The van der Waals surface area contributed by atoms with Crippen molar-refractivity contribution >= 4 is 35.0 Å². The summed E-state index contributed by atoms with van der Waals surface area (Å²) in [6.45, 7) is 0.192. The molecule has 1 heterocycles. The third kappa shape index (κ3) is 5.25. The normalized spacial score (nSPS) is 23.4. The van der Waals surface area contributed by atoms with Crippen LogP contribution in [0.1, 0.15) is 64.7 Å². The summed E-state index contributed by atoms with van der Waals surface area (Å²) in [6.07, 6.45) is 2.30. The van der Waals surface area contributed by atoms with Crippen molar-refractivity contribution in [1.29, 1.82) is 0 Å². The number of benzene rings is 3. The Kier molecular flexibility index (Phi) is 7.81. The fourth-order valence-corrected chi connectivity index (χ4v) is 6.04. The molecule has 0 spiro atoms. The molecule has 37 heavy (non-hydrogen) atoms. The zero-order valence-electron chi connectivity index (χ0n) is 20.1. The van der Waals surface area contributed by atoms with Gasteiger partial charge in [0.05, 0.1) is 30.7 Å². The van der Waals surface area contributed by atoms with Gasteiger partial charge in [-0.15, -0.1) is 0 Å². The number of nitrogens with zero attached hydrogens (tertiary/aromatic N) is 1. The molecule has 4 atom stereocenters. The lowest BCUT2D eigenvalue weighted by Gasteiger charge is -2.48. The van der Waals surface area contributed by atoms with E-state index in [4.69, 9.17) is 28.0 Å². The summed E-state index contributed by atoms with van der Waals surface area (Å²) in [6, 6.07) is 20.5. The third-order valence-electron chi connectivity index (χ3n) is 7.25. The zero-order valence-corrected chi connectivity index (χ0v) is 21.7. The van der Waals surface area contributed by atoms with Crippen LogP contribution in [0.5, 0.6) is 0 Å². The highest BCUT2D eigenvalue weighted by Crippen LogP contribution is 2.47. The number of aliphatic hydroxyl groups is 1. The number of amides is 2. The Morgan fingerprint density at radius 2 is 1.70 bits per heavy atom. The van der Waals surface area contributed by atoms with Crippen LogP contribution in [0.2, 0.25) is 10.0 Å². The minimum atomic E-state index is -0.822. The average Bonchev–Trinajstić information content (AvgIpc) is 2.90. The number of hydrogen-bond acceptors (Lipinski definition) is 4. The van der Waals surface area contributed by atoms with E-state index in [-0.39, 0.29) is 12.5 Å². The van der Waals surface area contributed by atoms with Crippen LogP contribution in [-0.2, 0) is 16.2 Å². The molecular weight excluding hydrogens is 511 g/mol. The number of hydroxylamine groups is 1. The molecule has 0 bridgehead atoms. The van der Waals surface area contributed by atoms with E-state index < -0.39 is 30.0 Å². The first-order valence-electron chi connectivity index (χ1n) is 12.5. The van der Waals surface area contributed by atoms with Gasteiger partial charge in [-0.25, -0.2) is 5.48 Å². The highest BCUT2D eigenvalue weighted by molar-refractivity contribution is 6.35. The predicted molar refractivity (Wildman–Crippen MR) is 142 cm³/mol. The average molecular weight is 539 g/mol. The van der Waals surface area contributed by atoms with Crippen LogP contribution in [0.25, 0.3) is 0 Å². The Bertz CT molecular complexity index is 1290. The largest absolute Gasteiger partial charge is 0.391 e. The fourth-order valence-electron chi connectivity index (χ4n) is 5.52. The van der Waals surface area contributed by atoms with Crippen LogP contribution in [0.4, 0.5) is 0 Å². The summed E-state index contributed by atoms with van der Waals surface area (Å²) in [5.74, 6) is -1.45. The van der Waals surface area contributed by atoms with Crippen molar-refractivity contribution < 1.29 is 19.5 Å². The maximum atomic E-state index is 14.0. The van der Waals surface area contributed by atoms with Gasteiger partial charge in [0.15, 0.2) is 0 Å². The smallest absolute Gasteiger partial charge is 0.255 e. The minimum Gasteiger partial charge on any atom is -0.391 e. The summed E-state index contributed by atoms with van der Waals surface area (Å²) < 4.78 is 0. The van der Waals surface area contributed by atoms with Crippen LogP contribution < -0.4 is 5.48 Å². The number of carbonyl (C=O) groups excluding carboxylic acids is 2. The van der Waals surface area contributed by atoms with Crippen molar-refractivity contribution in [2.45, 2.75) is 56.4 Å². The summed E-state index contributed by atoms with van der Waals surface area (Å²) in [5, 5.41) is 11.8. The first kappa shape index (κ1) is 25.7. The predicted octanol–water partition coefficient (Wildman–Crippen LogP) is 5.83. The molecule has 6 nitrogen and oxygen atoms in total. The first-order valence-corrected chi connectivity index (χ1v) is 13.2. The number of aliphatic hydroxyl groups excluding tert-OH is 1. The van der Waals surface area contributed by atoms with Crippen molar-refractivity contribution in [2.24, 2.45) is 0 Å². The lowest BCUT2D eigenvalue weighted by molar-refractivity contribution is -0.138. The van der Waals surface area contributed by atoms with E-state index in [2.05, 4.69) is 5.48 Å². The summed E-state index contributed by atoms with van der Waals surface area (Å²) in [5.41, 5.74) is 5.14.